The van der Waals surface area contributed by atoms with Crippen LogP contribution in [0.5, 0.6) is 0 Å². The maximum absolute atomic E-state index is 13.2. The zero-order chi connectivity index (χ0) is 21.9. The van der Waals surface area contributed by atoms with Crippen molar-refractivity contribution in [1.29, 1.82) is 0 Å². The lowest BCUT2D eigenvalue weighted by molar-refractivity contribution is 0.170. The Balaban J connectivity index is 1.31. The first kappa shape index (κ1) is 19.9. The third kappa shape index (κ3) is 3.42. The minimum absolute atomic E-state index is 0.231. The van der Waals surface area contributed by atoms with E-state index in [9.17, 15) is 4.39 Å². The zero-order valence-electron chi connectivity index (χ0n) is 18.0. The third-order valence-corrected chi connectivity index (χ3v) is 7.26. The molecule has 0 N–H and O–H groups in total. The van der Waals surface area contributed by atoms with Crippen LogP contribution in [0, 0.1) is 5.82 Å². The summed E-state index contributed by atoms with van der Waals surface area (Å²) < 4.78 is 15.4. The number of hydrogen-bond donors (Lipinski definition) is 0. The Kier molecular flexibility index (Phi) is 4.62. The molecule has 2 fully saturated rings. The average Bonchev–Trinajstić information content (AvgIpc) is 3.46. The van der Waals surface area contributed by atoms with Crippen LogP contribution in [0.1, 0.15) is 31.2 Å². The lowest BCUT2D eigenvalue weighted by atomic mass is 10.1. The van der Waals surface area contributed by atoms with Gasteiger partial charge in [-0.15, -0.1) is 10.2 Å². The van der Waals surface area contributed by atoms with E-state index in [1.54, 1.807) is 6.07 Å². The lowest BCUT2D eigenvalue weighted by Gasteiger charge is -2.35. The van der Waals surface area contributed by atoms with E-state index in [1.165, 1.54) is 30.7 Å². The van der Waals surface area contributed by atoms with Gasteiger partial charge in [-0.3, -0.25) is 9.47 Å². The fraction of sp³-hybridized carbons (Fsp3) is 0.435. The quantitative estimate of drug-likeness (QED) is 0.603. The molecule has 32 heavy (non-hydrogen) atoms. The SMILES string of the molecule is CC1(N2Cc3cc(Cl)ccc3-n3c(nnc3N3CCN(c4ccc(F)cn4)CC3)C2)CC1. The van der Waals surface area contributed by atoms with Crippen molar-refractivity contribution in [3.8, 4) is 5.69 Å². The number of nitrogens with zero attached hydrogens (tertiary/aromatic N) is 7. The van der Waals surface area contributed by atoms with Gasteiger partial charge in [-0.1, -0.05) is 11.6 Å². The summed E-state index contributed by atoms with van der Waals surface area (Å²) in [6.07, 6.45) is 3.70. The summed E-state index contributed by atoms with van der Waals surface area (Å²) in [7, 11) is 0. The van der Waals surface area contributed by atoms with Crippen molar-refractivity contribution >= 4 is 23.4 Å². The van der Waals surface area contributed by atoms with E-state index in [0.29, 0.717) is 0 Å². The van der Waals surface area contributed by atoms with Crippen LogP contribution in [0.2, 0.25) is 5.02 Å². The first-order valence-electron chi connectivity index (χ1n) is 11.1. The van der Waals surface area contributed by atoms with Crippen LogP contribution in [-0.4, -0.2) is 56.4 Å². The minimum atomic E-state index is -0.314. The number of hydrogen-bond acceptors (Lipinski definition) is 6. The predicted octanol–water partition coefficient (Wildman–Crippen LogP) is 3.65. The number of anilines is 2. The van der Waals surface area contributed by atoms with Crippen LogP contribution in [-0.2, 0) is 13.1 Å². The predicted molar refractivity (Wildman–Crippen MR) is 122 cm³/mol. The normalized spacial score (nSPS) is 20.0. The van der Waals surface area contributed by atoms with E-state index in [0.717, 1.165) is 67.6 Å². The van der Waals surface area contributed by atoms with Gasteiger partial charge in [0.05, 0.1) is 18.4 Å². The molecule has 3 aromatic rings. The number of fused-ring (bicyclic) bond motifs is 3. The molecule has 1 aromatic carbocycles. The zero-order valence-corrected chi connectivity index (χ0v) is 18.8. The Bertz CT molecular complexity index is 1150. The second-order valence-corrected chi connectivity index (χ2v) is 9.62. The highest BCUT2D eigenvalue weighted by atomic mass is 35.5. The van der Waals surface area contributed by atoms with Gasteiger partial charge in [-0.25, -0.2) is 9.37 Å². The Labute approximate surface area is 191 Å². The molecule has 0 atom stereocenters. The molecule has 3 aliphatic rings. The number of pyridine rings is 1. The van der Waals surface area contributed by atoms with Crippen molar-refractivity contribution in [2.24, 2.45) is 0 Å². The fourth-order valence-corrected chi connectivity index (χ4v) is 4.96. The standard InChI is InChI=1S/C23H25ClFN7/c1-23(6-7-23)31-14-16-12-17(24)2-4-19(16)32-21(15-31)27-28-22(32)30-10-8-29(9-11-30)20-5-3-18(25)13-26-20/h2-5,12-13H,6-11,14-15H2,1H3. The van der Waals surface area contributed by atoms with Gasteiger partial charge in [0.25, 0.3) is 0 Å². The van der Waals surface area contributed by atoms with Crippen LogP contribution in [0.15, 0.2) is 36.5 Å². The van der Waals surface area contributed by atoms with Gasteiger partial charge in [0.2, 0.25) is 5.95 Å². The molecule has 0 radical (unpaired) electrons. The van der Waals surface area contributed by atoms with Gasteiger partial charge < -0.3 is 9.80 Å². The maximum Gasteiger partial charge on any atom is 0.232 e. The van der Waals surface area contributed by atoms with E-state index < -0.39 is 0 Å². The van der Waals surface area contributed by atoms with Crippen molar-refractivity contribution in [2.45, 2.75) is 38.4 Å². The van der Waals surface area contributed by atoms with Gasteiger partial charge in [0, 0.05) is 43.3 Å². The van der Waals surface area contributed by atoms with Crippen molar-refractivity contribution in [3.05, 3.63) is 58.8 Å². The Morgan fingerprint density at radius 2 is 1.75 bits per heavy atom. The van der Waals surface area contributed by atoms with E-state index in [2.05, 4.69) is 53.5 Å². The maximum atomic E-state index is 13.2. The number of piperazine rings is 1. The number of benzene rings is 1. The van der Waals surface area contributed by atoms with Crippen molar-refractivity contribution < 1.29 is 4.39 Å². The topological polar surface area (TPSA) is 53.3 Å². The molecule has 1 saturated carbocycles. The van der Waals surface area contributed by atoms with Gasteiger partial charge in [-0.05, 0) is 55.7 Å². The van der Waals surface area contributed by atoms with Gasteiger partial charge >= 0.3 is 0 Å². The third-order valence-electron chi connectivity index (χ3n) is 7.02. The molecule has 1 aliphatic carbocycles. The van der Waals surface area contributed by atoms with E-state index in [1.807, 2.05) is 6.07 Å². The molecule has 4 heterocycles. The van der Waals surface area contributed by atoms with Crippen molar-refractivity contribution in [3.63, 3.8) is 0 Å². The second kappa shape index (κ2) is 7.42. The lowest BCUT2D eigenvalue weighted by Crippen LogP contribution is -2.47. The van der Waals surface area contributed by atoms with E-state index in [-0.39, 0.29) is 11.4 Å². The highest BCUT2D eigenvalue weighted by Gasteiger charge is 2.45. The van der Waals surface area contributed by atoms with Crippen LogP contribution < -0.4 is 9.80 Å². The van der Waals surface area contributed by atoms with Crippen LogP contribution in [0.25, 0.3) is 5.69 Å². The summed E-state index contributed by atoms with van der Waals surface area (Å²) in [5.74, 6) is 2.33. The van der Waals surface area contributed by atoms with Crippen molar-refractivity contribution in [1.82, 2.24) is 24.6 Å². The van der Waals surface area contributed by atoms with Crippen molar-refractivity contribution in [2.75, 3.05) is 36.0 Å². The van der Waals surface area contributed by atoms with Crippen LogP contribution in [0.3, 0.4) is 0 Å². The van der Waals surface area contributed by atoms with Gasteiger partial charge in [-0.2, -0.15) is 0 Å². The smallest absolute Gasteiger partial charge is 0.232 e. The second-order valence-electron chi connectivity index (χ2n) is 9.19. The summed E-state index contributed by atoms with van der Waals surface area (Å²) >= 11 is 6.38. The molecule has 0 unspecified atom stereocenters. The molecule has 9 heteroatoms. The summed E-state index contributed by atoms with van der Waals surface area (Å²) in [6, 6.07) is 9.31. The summed E-state index contributed by atoms with van der Waals surface area (Å²) in [5, 5.41) is 10.00. The number of halogens is 2. The molecule has 6 rings (SSSR count). The Morgan fingerprint density at radius 3 is 2.47 bits per heavy atom. The summed E-state index contributed by atoms with van der Waals surface area (Å²) in [4.78, 5) is 11.2. The number of aromatic nitrogens is 4. The van der Waals surface area contributed by atoms with E-state index in [4.69, 9.17) is 11.6 Å². The largest absolute Gasteiger partial charge is 0.353 e. The number of rotatable bonds is 3. The molecule has 2 aromatic heterocycles. The van der Waals surface area contributed by atoms with Crippen LogP contribution in [0.4, 0.5) is 16.2 Å². The molecule has 2 aliphatic heterocycles. The monoisotopic (exact) mass is 453 g/mol. The Morgan fingerprint density at radius 1 is 0.969 bits per heavy atom. The van der Waals surface area contributed by atoms with E-state index >= 15 is 0 Å². The average molecular weight is 454 g/mol. The molecular formula is C23H25ClFN7. The van der Waals surface area contributed by atoms with Crippen LogP contribution >= 0.6 is 11.6 Å². The van der Waals surface area contributed by atoms with Gasteiger partial charge in [0.1, 0.15) is 11.6 Å². The van der Waals surface area contributed by atoms with Gasteiger partial charge in [0.15, 0.2) is 5.82 Å². The molecule has 1 saturated heterocycles. The minimum Gasteiger partial charge on any atom is -0.353 e. The highest BCUT2D eigenvalue weighted by Crippen LogP contribution is 2.44. The first-order chi connectivity index (χ1) is 15.5. The summed E-state index contributed by atoms with van der Waals surface area (Å²) in [6.45, 7) is 7.13. The molecule has 0 bridgehead atoms. The molecular weight excluding hydrogens is 429 g/mol. The Hall–Kier alpha value is -2.71. The fourth-order valence-electron chi connectivity index (χ4n) is 4.76. The first-order valence-corrected chi connectivity index (χ1v) is 11.5. The molecule has 0 amide bonds. The molecule has 166 valence electrons. The summed E-state index contributed by atoms with van der Waals surface area (Å²) in [5.41, 5.74) is 2.55. The molecule has 0 spiro atoms. The molecule has 7 nitrogen and oxygen atoms in total. The highest BCUT2D eigenvalue weighted by molar-refractivity contribution is 6.30.